The van der Waals surface area contributed by atoms with E-state index in [1.54, 1.807) is 4.90 Å². The van der Waals surface area contributed by atoms with Crippen LogP contribution in [0.5, 0.6) is 0 Å². The molecule has 2 rings (SSSR count). The summed E-state index contributed by atoms with van der Waals surface area (Å²) in [6.07, 6.45) is -2.20. The Hall–Kier alpha value is -1.04. The highest BCUT2D eigenvalue weighted by Crippen LogP contribution is 2.34. The topological polar surface area (TPSA) is 29.0 Å². The van der Waals surface area contributed by atoms with Gasteiger partial charge in [0, 0.05) is 19.2 Å². The lowest BCUT2D eigenvalue weighted by Gasteiger charge is -2.34. The molecule has 0 bridgehead atoms. The van der Waals surface area contributed by atoms with Crippen molar-refractivity contribution in [3.05, 3.63) is 17.5 Å². The number of halogens is 4. The summed E-state index contributed by atoms with van der Waals surface area (Å²) < 4.78 is 37.9. The zero-order valence-electron chi connectivity index (χ0n) is 8.91. The Kier molecular flexibility index (Phi) is 3.42. The number of anilines is 1. The van der Waals surface area contributed by atoms with Gasteiger partial charge in [-0.1, -0.05) is 11.6 Å². The van der Waals surface area contributed by atoms with E-state index in [9.17, 15) is 13.2 Å². The summed E-state index contributed by atoms with van der Waals surface area (Å²) in [6.45, 7) is 0.511. The van der Waals surface area contributed by atoms with Gasteiger partial charge in [0.2, 0.25) is 0 Å². The first-order valence-electron chi connectivity index (χ1n) is 5.26. The Morgan fingerprint density at radius 1 is 1.35 bits per heavy atom. The SMILES string of the molecule is FC(F)(F)[C@@H]1CCCN(c2cc(Cl)ncn2)C1. The predicted molar refractivity (Wildman–Crippen MR) is 58.0 cm³/mol. The van der Waals surface area contributed by atoms with Gasteiger partial charge < -0.3 is 4.90 Å². The number of hydrogen-bond acceptors (Lipinski definition) is 3. The number of piperidine rings is 1. The molecule has 7 heteroatoms. The van der Waals surface area contributed by atoms with Crippen LogP contribution in [-0.2, 0) is 0 Å². The summed E-state index contributed by atoms with van der Waals surface area (Å²) in [4.78, 5) is 9.26. The molecule has 0 unspecified atom stereocenters. The van der Waals surface area contributed by atoms with Crippen LogP contribution in [0.25, 0.3) is 0 Å². The van der Waals surface area contributed by atoms with Crippen molar-refractivity contribution in [1.82, 2.24) is 9.97 Å². The minimum absolute atomic E-state index is 0.0587. The molecule has 1 saturated heterocycles. The smallest absolute Gasteiger partial charge is 0.356 e. The molecule has 1 atom stereocenters. The van der Waals surface area contributed by atoms with Crippen molar-refractivity contribution >= 4 is 17.4 Å². The van der Waals surface area contributed by atoms with Crippen LogP contribution in [-0.4, -0.2) is 29.2 Å². The van der Waals surface area contributed by atoms with Crippen LogP contribution in [0.4, 0.5) is 19.0 Å². The van der Waals surface area contributed by atoms with E-state index in [-0.39, 0.29) is 18.1 Å². The van der Waals surface area contributed by atoms with Crippen molar-refractivity contribution in [2.45, 2.75) is 19.0 Å². The lowest BCUT2D eigenvalue weighted by atomic mass is 9.97. The molecule has 0 amide bonds. The summed E-state index contributed by atoms with van der Waals surface area (Å²) in [5.41, 5.74) is 0. The molecular formula is C10H11ClF3N3. The maximum Gasteiger partial charge on any atom is 0.393 e. The molecule has 1 aliphatic heterocycles. The van der Waals surface area contributed by atoms with Crippen molar-refractivity contribution in [3.8, 4) is 0 Å². The van der Waals surface area contributed by atoms with Gasteiger partial charge in [0.25, 0.3) is 0 Å². The van der Waals surface area contributed by atoms with Crippen molar-refractivity contribution in [1.29, 1.82) is 0 Å². The number of aromatic nitrogens is 2. The largest absolute Gasteiger partial charge is 0.393 e. The predicted octanol–water partition coefficient (Wildman–Crippen LogP) is 2.91. The third-order valence-corrected chi connectivity index (χ3v) is 3.03. The number of alkyl halides is 3. The second-order valence-corrected chi connectivity index (χ2v) is 4.41. The van der Waals surface area contributed by atoms with Crippen molar-refractivity contribution in [2.24, 2.45) is 5.92 Å². The first-order valence-corrected chi connectivity index (χ1v) is 5.64. The Bertz CT molecular complexity index is 397. The van der Waals surface area contributed by atoms with Gasteiger partial charge in [-0.3, -0.25) is 0 Å². The molecule has 94 valence electrons. The van der Waals surface area contributed by atoms with Crippen LogP contribution >= 0.6 is 11.6 Å². The lowest BCUT2D eigenvalue weighted by Crippen LogP contribution is -2.42. The summed E-state index contributed by atoms with van der Waals surface area (Å²) in [6, 6.07) is 1.49. The molecular weight excluding hydrogens is 255 g/mol. The van der Waals surface area contributed by atoms with Crippen molar-refractivity contribution in [3.63, 3.8) is 0 Å². The van der Waals surface area contributed by atoms with E-state index in [4.69, 9.17) is 11.6 Å². The highest BCUT2D eigenvalue weighted by atomic mass is 35.5. The molecule has 0 radical (unpaired) electrons. The standard InChI is InChI=1S/C10H11ClF3N3/c11-8-4-9(16-6-15-8)17-3-1-2-7(5-17)10(12,13)14/h4,6-7H,1-3,5H2/t7-/m1/s1. The van der Waals surface area contributed by atoms with E-state index in [2.05, 4.69) is 9.97 Å². The van der Waals surface area contributed by atoms with Crippen LogP contribution in [0.3, 0.4) is 0 Å². The van der Waals surface area contributed by atoms with Gasteiger partial charge in [-0.25, -0.2) is 9.97 Å². The van der Waals surface area contributed by atoms with Gasteiger partial charge in [0.15, 0.2) is 0 Å². The molecule has 2 heterocycles. The lowest BCUT2D eigenvalue weighted by molar-refractivity contribution is -0.176. The zero-order chi connectivity index (χ0) is 12.5. The van der Waals surface area contributed by atoms with Crippen LogP contribution < -0.4 is 4.90 Å². The van der Waals surface area contributed by atoms with Gasteiger partial charge in [-0.05, 0) is 12.8 Å². The molecule has 0 saturated carbocycles. The highest BCUT2D eigenvalue weighted by molar-refractivity contribution is 6.29. The summed E-state index contributed by atoms with van der Waals surface area (Å²) in [5, 5.41) is 0.240. The van der Waals surface area contributed by atoms with E-state index in [0.717, 1.165) is 0 Å². The Morgan fingerprint density at radius 3 is 2.76 bits per heavy atom. The van der Waals surface area contributed by atoms with E-state index in [1.165, 1.54) is 12.4 Å². The van der Waals surface area contributed by atoms with E-state index in [1.807, 2.05) is 0 Å². The average Bonchev–Trinajstić information content (AvgIpc) is 2.28. The van der Waals surface area contributed by atoms with Gasteiger partial charge in [0.1, 0.15) is 17.3 Å². The molecule has 1 aliphatic rings. The Balaban J connectivity index is 2.12. The molecule has 0 N–H and O–H groups in total. The molecule has 1 aromatic heterocycles. The number of hydrogen-bond donors (Lipinski definition) is 0. The fourth-order valence-electron chi connectivity index (χ4n) is 1.95. The minimum Gasteiger partial charge on any atom is -0.356 e. The van der Waals surface area contributed by atoms with E-state index < -0.39 is 12.1 Å². The zero-order valence-corrected chi connectivity index (χ0v) is 9.67. The molecule has 1 fully saturated rings. The summed E-state index contributed by atoms with van der Waals surface area (Å²) in [7, 11) is 0. The summed E-state index contributed by atoms with van der Waals surface area (Å²) >= 11 is 5.69. The minimum atomic E-state index is -4.14. The summed E-state index contributed by atoms with van der Waals surface area (Å²) in [5.74, 6) is -0.830. The van der Waals surface area contributed by atoms with Gasteiger partial charge in [0.05, 0.1) is 5.92 Å². The van der Waals surface area contributed by atoms with Gasteiger partial charge in [-0.15, -0.1) is 0 Å². The third-order valence-electron chi connectivity index (χ3n) is 2.83. The van der Waals surface area contributed by atoms with Gasteiger partial charge in [-0.2, -0.15) is 13.2 Å². The van der Waals surface area contributed by atoms with Crippen LogP contribution in [0, 0.1) is 5.92 Å². The van der Waals surface area contributed by atoms with Crippen LogP contribution in [0.2, 0.25) is 5.15 Å². The van der Waals surface area contributed by atoms with Crippen LogP contribution in [0.1, 0.15) is 12.8 Å². The molecule has 1 aromatic rings. The fraction of sp³-hybridized carbons (Fsp3) is 0.600. The monoisotopic (exact) mass is 265 g/mol. The molecule has 0 aliphatic carbocycles. The third kappa shape index (κ3) is 3.00. The number of nitrogens with zero attached hydrogens (tertiary/aromatic N) is 3. The van der Waals surface area contributed by atoms with Crippen molar-refractivity contribution in [2.75, 3.05) is 18.0 Å². The molecule has 0 aromatic carbocycles. The molecule has 17 heavy (non-hydrogen) atoms. The number of rotatable bonds is 1. The average molecular weight is 266 g/mol. The Morgan fingerprint density at radius 2 is 2.12 bits per heavy atom. The van der Waals surface area contributed by atoms with E-state index in [0.29, 0.717) is 18.8 Å². The fourth-order valence-corrected chi connectivity index (χ4v) is 2.09. The maximum absolute atomic E-state index is 12.6. The first-order chi connectivity index (χ1) is 7.97. The quantitative estimate of drug-likeness (QED) is 0.731. The molecule has 0 spiro atoms. The molecule has 3 nitrogen and oxygen atoms in total. The first kappa shape index (κ1) is 12.4. The van der Waals surface area contributed by atoms with Crippen molar-refractivity contribution < 1.29 is 13.2 Å². The second kappa shape index (κ2) is 4.68. The van der Waals surface area contributed by atoms with E-state index >= 15 is 0 Å². The van der Waals surface area contributed by atoms with Gasteiger partial charge >= 0.3 is 6.18 Å². The van der Waals surface area contributed by atoms with Crippen LogP contribution in [0.15, 0.2) is 12.4 Å². The highest BCUT2D eigenvalue weighted by Gasteiger charge is 2.42. The second-order valence-electron chi connectivity index (χ2n) is 4.03. The Labute approximate surface area is 102 Å². The normalized spacial score (nSPS) is 21.6. The maximum atomic E-state index is 12.6.